The van der Waals surface area contributed by atoms with Crippen LogP contribution in [0.3, 0.4) is 0 Å². The largest absolute Gasteiger partial charge is 0.459 e. The standard InChI is InChI=1S/C20H29N3O2/c1-20(2,3)19(17-12-14-6-4-5-7-16(14)25-17)22-15-8-10-23(11-9-15)13-18(21)24/h4-7,12,15,19,22H,8-11,13H2,1-3H3,(H2,21,24)/t19-/m0/s1. The lowest BCUT2D eigenvalue weighted by atomic mass is 9.84. The number of hydrogen-bond donors (Lipinski definition) is 2. The molecule has 2 heterocycles. The van der Waals surface area contributed by atoms with Crippen LogP contribution in [-0.4, -0.2) is 36.5 Å². The van der Waals surface area contributed by atoms with Gasteiger partial charge in [-0.3, -0.25) is 9.69 Å². The minimum atomic E-state index is -0.249. The summed E-state index contributed by atoms with van der Waals surface area (Å²) in [7, 11) is 0. The Balaban J connectivity index is 1.71. The van der Waals surface area contributed by atoms with Crippen LogP contribution in [0.2, 0.25) is 0 Å². The average molecular weight is 343 g/mol. The first-order chi connectivity index (χ1) is 11.8. The van der Waals surface area contributed by atoms with E-state index in [9.17, 15) is 4.79 Å². The Morgan fingerprint density at radius 3 is 2.60 bits per heavy atom. The Kier molecular flexibility index (Phi) is 5.16. The molecule has 0 unspecified atom stereocenters. The van der Waals surface area contributed by atoms with Gasteiger partial charge in [0.2, 0.25) is 5.91 Å². The highest BCUT2D eigenvalue weighted by molar-refractivity contribution is 5.77. The van der Waals surface area contributed by atoms with Crippen LogP contribution >= 0.6 is 0 Å². The van der Waals surface area contributed by atoms with E-state index in [1.165, 1.54) is 0 Å². The van der Waals surface area contributed by atoms with Gasteiger partial charge in [0.25, 0.3) is 0 Å². The molecule has 0 spiro atoms. The topological polar surface area (TPSA) is 71.5 Å². The smallest absolute Gasteiger partial charge is 0.231 e. The van der Waals surface area contributed by atoms with Crippen molar-refractivity contribution in [3.8, 4) is 0 Å². The van der Waals surface area contributed by atoms with Gasteiger partial charge < -0.3 is 15.5 Å². The van der Waals surface area contributed by atoms with Crippen LogP contribution in [0.25, 0.3) is 11.0 Å². The van der Waals surface area contributed by atoms with Crippen molar-refractivity contribution in [1.29, 1.82) is 0 Å². The molecule has 0 saturated carbocycles. The molecular formula is C20H29N3O2. The van der Waals surface area contributed by atoms with Crippen LogP contribution in [-0.2, 0) is 4.79 Å². The summed E-state index contributed by atoms with van der Waals surface area (Å²) in [5, 5.41) is 4.95. The summed E-state index contributed by atoms with van der Waals surface area (Å²) in [6.45, 7) is 8.87. The lowest BCUT2D eigenvalue weighted by molar-refractivity contribution is -0.119. The molecule has 1 aromatic carbocycles. The van der Waals surface area contributed by atoms with Crippen molar-refractivity contribution in [3.05, 3.63) is 36.1 Å². The minimum Gasteiger partial charge on any atom is -0.459 e. The molecule has 1 fully saturated rings. The van der Waals surface area contributed by atoms with Gasteiger partial charge in [0.15, 0.2) is 0 Å². The number of rotatable bonds is 5. The molecule has 1 aliphatic rings. The number of hydrogen-bond acceptors (Lipinski definition) is 4. The second-order valence-electron chi connectivity index (χ2n) is 8.17. The Morgan fingerprint density at radius 1 is 1.32 bits per heavy atom. The molecule has 0 radical (unpaired) electrons. The first kappa shape index (κ1) is 18.0. The van der Waals surface area contributed by atoms with E-state index in [0.717, 1.165) is 42.7 Å². The molecule has 0 aliphatic carbocycles. The number of primary amides is 1. The van der Waals surface area contributed by atoms with Gasteiger partial charge in [-0.15, -0.1) is 0 Å². The lowest BCUT2D eigenvalue weighted by Crippen LogP contribution is -2.47. The fraction of sp³-hybridized carbons (Fsp3) is 0.550. The molecule has 1 saturated heterocycles. The summed E-state index contributed by atoms with van der Waals surface area (Å²) in [6.07, 6.45) is 2.03. The number of amides is 1. The van der Waals surface area contributed by atoms with Crippen LogP contribution in [0.1, 0.15) is 45.4 Å². The maximum atomic E-state index is 11.1. The fourth-order valence-corrected chi connectivity index (χ4v) is 3.62. The molecule has 136 valence electrons. The zero-order chi connectivity index (χ0) is 18.0. The Morgan fingerprint density at radius 2 is 2.00 bits per heavy atom. The van der Waals surface area contributed by atoms with E-state index in [0.29, 0.717) is 12.6 Å². The fourth-order valence-electron chi connectivity index (χ4n) is 3.62. The number of piperidine rings is 1. The summed E-state index contributed by atoms with van der Waals surface area (Å²) in [4.78, 5) is 13.2. The zero-order valence-electron chi connectivity index (χ0n) is 15.4. The molecule has 2 aromatic rings. The highest BCUT2D eigenvalue weighted by Crippen LogP contribution is 2.36. The van der Waals surface area contributed by atoms with E-state index in [4.69, 9.17) is 10.2 Å². The highest BCUT2D eigenvalue weighted by Gasteiger charge is 2.32. The minimum absolute atomic E-state index is 0.0399. The van der Waals surface area contributed by atoms with Crippen molar-refractivity contribution in [2.45, 2.75) is 45.7 Å². The second-order valence-corrected chi connectivity index (χ2v) is 8.17. The molecule has 5 nitrogen and oxygen atoms in total. The van der Waals surface area contributed by atoms with Gasteiger partial charge in [-0.25, -0.2) is 0 Å². The van der Waals surface area contributed by atoms with Gasteiger partial charge in [0, 0.05) is 24.5 Å². The van der Waals surface area contributed by atoms with E-state index in [2.05, 4.69) is 43.1 Å². The van der Waals surface area contributed by atoms with Crippen molar-refractivity contribution < 1.29 is 9.21 Å². The SMILES string of the molecule is CC(C)(C)[C@@H](NC1CCN(CC(N)=O)CC1)c1cc2ccccc2o1. The zero-order valence-corrected chi connectivity index (χ0v) is 15.4. The molecule has 5 heteroatoms. The molecule has 3 N–H and O–H groups in total. The number of para-hydroxylation sites is 1. The number of fused-ring (bicyclic) bond motifs is 1. The Bertz CT molecular complexity index is 691. The lowest BCUT2D eigenvalue weighted by Gasteiger charge is -2.37. The first-order valence-corrected chi connectivity index (χ1v) is 9.08. The van der Waals surface area contributed by atoms with Crippen LogP contribution in [0.15, 0.2) is 34.7 Å². The molecule has 1 aromatic heterocycles. The van der Waals surface area contributed by atoms with E-state index >= 15 is 0 Å². The van der Waals surface area contributed by atoms with Gasteiger partial charge >= 0.3 is 0 Å². The number of likely N-dealkylation sites (tertiary alicyclic amines) is 1. The summed E-state index contributed by atoms with van der Waals surface area (Å²) < 4.78 is 6.14. The van der Waals surface area contributed by atoms with E-state index < -0.39 is 0 Å². The summed E-state index contributed by atoms with van der Waals surface area (Å²) in [6, 6.07) is 10.9. The Labute approximate surface area is 149 Å². The maximum absolute atomic E-state index is 11.1. The molecular weight excluding hydrogens is 314 g/mol. The molecule has 25 heavy (non-hydrogen) atoms. The van der Waals surface area contributed by atoms with Gasteiger partial charge in [-0.1, -0.05) is 39.0 Å². The van der Waals surface area contributed by atoms with Crippen molar-refractivity contribution in [2.75, 3.05) is 19.6 Å². The van der Waals surface area contributed by atoms with E-state index in [-0.39, 0.29) is 17.4 Å². The van der Waals surface area contributed by atoms with Crippen molar-refractivity contribution in [1.82, 2.24) is 10.2 Å². The molecule has 0 bridgehead atoms. The van der Waals surface area contributed by atoms with Crippen molar-refractivity contribution in [2.24, 2.45) is 11.1 Å². The number of benzene rings is 1. The van der Waals surface area contributed by atoms with Gasteiger partial charge in [0.1, 0.15) is 11.3 Å². The predicted molar refractivity (Wildman–Crippen MR) is 100 cm³/mol. The molecule has 1 aliphatic heterocycles. The third-order valence-corrected chi connectivity index (χ3v) is 4.96. The third-order valence-electron chi connectivity index (χ3n) is 4.96. The summed E-state index contributed by atoms with van der Waals surface area (Å²) in [5.41, 5.74) is 6.27. The quantitative estimate of drug-likeness (QED) is 0.875. The third kappa shape index (κ3) is 4.41. The molecule has 1 atom stereocenters. The Hall–Kier alpha value is -1.85. The van der Waals surface area contributed by atoms with Crippen LogP contribution in [0.5, 0.6) is 0 Å². The molecule has 3 rings (SSSR count). The van der Waals surface area contributed by atoms with Crippen LogP contribution in [0, 0.1) is 5.41 Å². The van der Waals surface area contributed by atoms with Crippen molar-refractivity contribution in [3.63, 3.8) is 0 Å². The normalized spacial score (nSPS) is 18.5. The van der Waals surface area contributed by atoms with E-state index in [1.807, 2.05) is 18.2 Å². The average Bonchev–Trinajstić information content (AvgIpc) is 2.95. The first-order valence-electron chi connectivity index (χ1n) is 9.08. The second kappa shape index (κ2) is 7.18. The van der Waals surface area contributed by atoms with Crippen LogP contribution < -0.4 is 11.1 Å². The van der Waals surface area contributed by atoms with Gasteiger partial charge in [-0.2, -0.15) is 0 Å². The number of carbonyl (C=O) groups excluding carboxylic acids is 1. The van der Waals surface area contributed by atoms with Crippen molar-refractivity contribution >= 4 is 16.9 Å². The molecule has 1 amide bonds. The number of nitrogens with two attached hydrogens (primary N) is 1. The van der Waals surface area contributed by atoms with Gasteiger partial charge in [-0.05, 0) is 30.4 Å². The number of nitrogens with zero attached hydrogens (tertiary/aromatic N) is 1. The predicted octanol–water partition coefficient (Wildman–Crippen LogP) is 3.06. The number of furan rings is 1. The summed E-state index contributed by atoms with van der Waals surface area (Å²) >= 11 is 0. The highest BCUT2D eigenvalue weighted by atomic mass is 16.3. The summed E-state index contributed by atoms with van der Waals surface area (Å²) in [5.74, 6) is 0.745. The number of carbonyl (C=O) groups is 1. The van der Waals surface area contributed by atoms with Gasteiger partial charge in [0.05, 0.1) is 12.6 Å². The maximum Gasteiger partial charge on any atom is 0.231 e. The number of nitrogens with one attached hydrogen (secondary N) is 1. The van der Waals surface area contributed by atoms with Crippen LogP contribution in [0.4, 0.5) is 0 Å². The monoisotopic (exact) mass is 343 g/mol. The van der Waals surface area contributed by atoms with E-state index in [1.54, 1.807) is 0 Å².